The number of hydrogen-bond donors (Lipinski definition) is 0. The van der Waals surface area contributed by atoms with Crippen LogP contribution in [0.15, 0.2) is 60.8 Å². The Labute approximate surface area is 134 Å². The molecule has 0 aromatic heterocycles. The molecule has 2 aliphatic rings. The van der Waals surface area contributed by atoms with Gasteiger partial charge in [0.25, 0.3) is 0 Å². The zero-order valence-electron chi connectivity index (χ0n) is 12.6. The van der Waals surface area contributed by atoms with Gasteiger partial charge in [-0.05, 0) is 18.2 Å². The first kappa shape index (κ1) is 13.8. The summed E-state index contributed by atoms with van der Waals surface area (Å²) in [5.41, 5.74) is 1.97. The van der Waals surface area contributed by atoms with Crippen molar-refractivity contribution in [2.24, 2.45) is 5.92 Å². The number of nitro benzene ring substituents is 1. The SMILES string of the molecule is C[C@H]1[C@H]2c3cccc([N+](=O)[O-])c3O[C@@H]1C=CN2c1ccccc1. The molecule has 0 radical (unpaired) electrons. The van der Waals surface area contributed by atoms with E-state index in [0.717, 1.165) is 11.3 Å². The van der Waals surface area contributed by atoms with Crippen LogP contribution in [0.4, 0.5) is 11.4 Å². The topological polar surface area (TPSA) is 55.6 Å². The van der Waals surface area contributed by atoms with Crippen LogP contribution >= 0.6 is 0 Å². The maximum Gasteiger partial charge on any atom is 0.311 e. The normalized spacial score (nSPS) is 24.7. The van der Waals surface area contributed by atoms with Gasteiger partial charge in [-0.1, -0.05) is 37.3 Å². The van der Waals surface area contributed by atoms with Crippen molar-refractivity contribution in [1.82, 2.24) is 0 Å². The molecule has 0 unspecified atom stereocenters. The van der Waals surface area contributed by atoms with Gasteiger partial charge in [-0.3, -0.25) is 10.1 Å². The second kappa shape index (κ2) is 5.12. The van der Waals surface area contributed by atoms with Crippen molar-refractivity contribution in [1.29, 1.82) is 0 Å². The molecule has 2 aromatic rings. The second-order valence-electron chi connectivity index (χ2n) is 5.92. The van der Waals surface area contributed by atoms with E-state index >= 15 is 0 Å². The summed E-state index contributed by atoms with van der Waals surface area (Å²) >= 11 is 0. The molecule has 2 heterocycles. The van der Waals surface area contributed by atoms with E-state index in [0.29, 0.717) is 5.75 Å². The van der Waals surface area contributed by atoms with Crippen LogP contribution in [-0.4, -0.2) is 11.0 Å². The number of nitrogens with zero attached hydrogens (tertiary/aromatic N) is 2. The summed E-state index contributed by atoms with van der Waals surface area (Å²) in [6.45, 7) is 2.12. The smallest absolute Gasteiger partial charge is 0.311 e. The highest BCUT2D eigenvalue weighted by Crippen LogP contribution is 2.49. The summed E-state index contributed by atoms with van der Waals surface area (Å²) in [5.74, 6) is 0.602. The van der Waals surface area contributed by atoms with Crippen molar-refractivity contribution >= 4 is 11.4 Å². The summed E-state index contributed by atoms with van der Waals surface area (Å²) in [4.78, 5) is 13.1. The van der Waals surface area contributed by atoms with Crippen molar-refractivity contribution in [2.75, 3.05) is 4.90 Å². The zero-order valence-corrected chi connectivity index (χ0v) is 12.6. The molecule has 0 N–H and O–H groups in total. The number of para-hydroxylation sites is 2. The Hall–Kier alpha value is -2.82. The Bertz CT molecular complexity index is 788. The number of fused-ring (bicyclic) bond motifs is 4. The standard InChI is InChI=1S/C18H16N2O3/c1-12-16-10-11-19(13-6-3-2-4-7-13)17(12)14-8-5-9-15(20(21)22)18(14)23-16/h2-12,16-17H,1H3/t12-,16-,17+/m1/s1. The first-order chi connectivity index (χ1) is 11.2. The van der Waals surface area contributed by atoms with Crippen molar-refractivity contribution < 1.29 is 9.66 Å². The summed E-state index contributed by atoms with van der Waals surface area (Å²) in [5, 5.41) is 11.3. The van der Waals surface area contributed by atoms with Crippen molar-refractivity contribution in [2.45, 2.75) is 19.1 Å². The van der Waals surface area contributed by atoms with Gasteiger partial charge in [-0.25, -0.2) is 0 Å². The van der Waals surface area contributed by atoms with E-state index in [9.17, 15) is 10.1 Å². The van der Waals surface area contributed by atoms with Crippen LogP contribution in [0.3, 0.4) is 0 Å². The first-order valence-corrected chi connectivity index (χ1v) is 7.62. The molecule has 2 aromatic carbocycles. The molecule has 3 atom stereocenters. The molecule has 0 aliphatic carbocycles. The molecule has 5 heteroatoms. The highest BCUT2D eigenvalue weighted by molar-refractivity contribution is 5.61. The van der Waals surface area contributed by atoms with E-state index in [4.69, 9.17) is 4.74 Å². The molecule has 0 saturated heterocycles. The Morgan fingerprint density at radius 3 is 2.65 bits per heavy atom. The summed E-state index contributed by atoms with van der Waals surface area (Å²) < 4.78 is 5.94. The lowest BCUT2D eigenvalue weighted by molar-refractivity contribution is -0.386. The summed E-state index contributed by atoms with van der Waals surface area (Å²) in [6, 6.07) is 15.2. The van der Waals surface area contributed by atoms with Gasteiger partial charge in [0.15, 0.2) is 0 Å². The van der Waals surface area contributed by atoms with Gasteiger partial charge in [0.05, 0.1) is 11.0 Å². The fourth-order valence-electron chi connectivity index (χ4n) is 3.49. The third kappa shape index (κ3) is 2.08. The van der Waals surface area contributed by atoms with E-state index in [1.807, 2.05) is 48.7 Å². The van der Waals surface area contributed by atoms with Crippen LogP contribution in [0.25, 0.3) is 0 Å². The molecule has 23 heavy (non-hydrogen) atoms. The highest BCUT2D eigenvalue weighted by Gasteiger charge is 2.42. The predicted molar refractivity (Wildman–Crippen MR) is 87.5 cm³/mol. The molecule has 0 spiro atoms. The van der Waals surface area contributed by atoms with Gasteiger partial charge in [0, 0.05) is 29.4 Å². The maximum absolute atomic E-state index is 11.3. The van der Waals surface area contributed by atoms with Crippen LogP contribution < -0.4 is 9.64 Å². The van der Waals surface area contributed by atoms with Gasteiger partial charge in [0.1, 0.15) is 6.10 Å². The van der Waals surface area contributed by atoms with Gasteiger partial charge < -0.3 is 9.64 Å². The van der Waals surface area contributed by atoms with Crippen LogP contribution in [-0.2, 0) is 0 Å². The van der Waals surface area contributed by atoms with Gasteiger partial charge in [0.2, 0.25) is 5.75 Å². The number of rotatable bonds is 2. The predicted octanol–water partition coefficient (Wildman–Crippen LogP) is 4.07. The number of ether oxygens (including phenoxy) is 1. The molecule has 0 amide bonds. The first-order valence-electron chi connectivity index (χ1n) is 7.62. The van der Waals surface area contributed by atoms with Crippen LogP contribution in [0.5, 0.6) is 5.75 Å². The molecule has 5 nitrogen and oxygen atoms in total. The van der Waals surface area contributed by atoms with Crippen LogP contribution in [0.2, 0.25) is 0 Å². The fraction of sp³-hybridized carbons (Fsp3) is 0.222. The number of hydrogen-bond acceptors (Lipinski definition) is 4. The Morgan fingerprint density at radius 1 is 1.13 bits per heavy atom. The second-order valence-corrected chi connectivity index (χ2v) is 5.92. The lowest BCUT2D eigenvalue weighted by Crippen LogP contribution is -2.44. The fourth-order valence-corrected chi connectivity index (χ4v) is 3.49. The molecule has 0 saturated carbocycles. The minimum atomic E-state index is -0.374. The monoisotopic (exact) mass is 308 g/mol. The maximum atomic E-state index is 11.3. The molecule has 4 rings (SSSR count). The lowest BCUT2D eigenvalue weighted by atomic mass is 9.83. The summed E-state index contributed by atoms with van der Waals surface area (Å²) in [6.07, 6.45) is 3.86. The van der Waals surface area contributed by atoms with Crippen LogP contribution in [0, 0.1) is 16.0 Å². The van der Waals surface area contributed by atoms with Gasteiger partial charge in [-0.15, -0.1) is 0 Å². The highest BCUT2D eigenvalue weighted by atomic mass is 16.6. The zero-order chi connectivity index (χ0) is 16.0. The largest absolute Gasteiger partial charge is 0.479 e. The van der Waals surface area contributed by atoms with Crippen molar-refractivity contribution in [3.05, 3.63) is 76.5 Å². The molecule has 0 fully saturated rings. The third-order valence-electron chi connectivity index (χ3n) is 4.60. The lowest BCUT2D eigenvalue weighted by Gasteiger charge is -2.45. The van der Waals surface area contributed by atoms with E-state index in [1.165, 1.54) is 6.07 Å². The Kier molecular flexibility index (Phi) is 3.08. The summed E-state index contributed by atoms with van der Waals surface area (Å²) in [7, 11) is 0. The Balaban J connectivity index is 1.88. The minimum Gasteiger partial charge on any atom is -0.479 e. The molecule has 2 aliphatic heterocycles. The molecular weight excluding hydrogens is 292 g/mol. The van der Waals surface area contributed by atoms with Crippen molar-refractivity contribution in [3.8, 4) is 5.75 Å². The van der Waals surface area contributed by atoms with Crippen LogP contribution in [0.1, 0.15) is 18.5 Å². The molecule has 2 bridgehead atoms. The average Bonchev–Trinajstić information content (AvgIpc) is 2.55. The van der Waals surface area contributed by atoms with Gasteiger partial charge >= 0.3 is 5.69 Å². The van der Waals surface area contributed by atoms with E-state index < -0.39 is 0 Å². The molecular formula is C18H16N2O3. The molecule has 116 valence electrons. The quantitative estimate of drug-likeness (QED) is 0.620. The van der Waals surface area contributed by atoms with Gasteiger partial charge in [-0.2, -0.15) is 0 Å². The minimum absolute atomic E-state index is 0.0241. The van der Waals surface area contributed by atoms with E-state index in [-0.39, 0.29) is 28.7 Å². The number of nitro groups is 1. The third-order valence-corrected chi connectivity index (χ3v) is 4.60. The Morgan fingerprint density at radius 2 is 1.91 bits per heavy atom. The number of benzene rings is 2. The number of anilines is 1. The van der Waals surface area contributed by atoms with Crippen molar-refractivity contribution in [3.63, 3.8) is 0 Å². The average molecular weight is 308 g/mol. The van der Waals surface area contributed by atoms with E-state index in [2.05, 4.69) is 11.8 Å². The van der Waals surface area contributed by atoms with E-state index in [1.54, 1.807) is 6.07 Å².